The van der Waals surface area contributed by atoms with Gasteiger partial charge < -0.3 is 30.4 Å². The van der Waals surface area contributed by atoms with Gasteiger partial charge >= 0.3 is 5.97 Å². The van der Waals surface area contributed by atoms with E-state index in [2.05, 4.69) is 0 Å². The minimum atomic E-state index is -0.943. The van der Waals surface area contributed by atoms with E-state index < -0.39 is 23.8 Å². The molecule has 2 aliphatic heterocycles. The van der Waals surface area contributed by atoms with Crippen molar-refractivity contribution in [1.29, 1.82) is 0 Å². The quantitative estimate of drug-likeness (QED) is 0.285. The van der Waals surface area contributed by atoms with Crippen LogP contribution in [0.15, 0.2) is 48.3 Å². The molecule has 0 spiro atoms. The molecule has 5 rings (SSSR count). The van der Waals surface area contributed by atoms with Crippen LogP contribution in [-0.2, 0) is 22.6 Å². The highest BCUT2D eigenvalue weighted by atomic mass is 35.5. The Morgan fingerprint density at radius 3 is 2.58 bits per heavy atom. The van der Waals surface area contributed by atoms with E-state index in [0.29, 0.717) is 54.4 Å². The summed E-state index contributed by atoms with van der Waals surface area (Å²) in [6, 6.07) is 10.5. The van der Waals surface area contributed by atoms with Crippen LogP contribution in [0.25, 0.3) is 0 Å². The van der Waals surface area contributed by atoms with Gasteiger partial charge in [0.15, 0.2) is 0 Å². The fraction of sp³-hybridized carbons (Fsp3) is 0.469. The first-order valence-electron chi connectivity index (χ1n) is 14.9. The van der Waals surface area contributed by atoms with Crippen molar-refractivity contribution in [2.75, 3.05) is 19.7 Å². The molecule has 1 saturated carbocycles. The average molecular weight is 610 g/mol. The average Bonchev–Trinajstić information content (AvgIpc) is 3.31. The highest BCUT2D eigenvalue weighted by molar-refractivity contribution is 6.31. The maximum atomic E-state index is 14.2. The van der Waals surface area contributed by atoms with E-state index in [-0.39, 0.29) is 31.0 Å². The third-order valence-corrected chi connectivity index (χ3v) is 9.20. The van der Waals surface area contributed by atoms with Gasteiger partial charge in [-0.2, -0.15) is 0 Å². The number of nitrogens with two attached hydrogens (primary N) is 2. The van der Waals surface area contributed by atoms with Crippen molar-refractivity contribution >= 4 is 29.4 Å². The molecule has 5 N–H and O–H groups in total. The van der Waals surface area contributed by atoms with Gasteiger partial charge in [-0.25, -0.2) is 5.84 Å². The van der Waals surface area contributed by atoms with Crippen LogP contribution < -0.4 is 16.3 Å². The molecule has 0 aromatic heterocycles. The minimum Gasteiger partial charge on any atom is -0.487 e. The maximum absolute atomic E-state index is 14.2. The van der Waals surface area contributed by atoms with Crippen LogP contribution in [0.5, 0.6) is 5.75 Å². The number of hydrogen-bond acceptors (Lipinski definition) is 7. The SMILES string of the molecule is CC(C)N(N)/C=C(\N)COc1ccc(Cl)c2c1C(CN1Cc3ccccc3C1=O)N(C(=O)C1CCCCC1C(=O)O)CC2. The molecule has 0 radical (unpaired) electrons. The van der Waals surface area contributed by atoms with E-state index in [1.807, 2.05) is 38.1 Å². The third kappa shape index (κ3) is 6.31. The number of halogens is 1. The Hall–Kier alpha value is -3.76. The fourth-order valence-corrected chi connectivity index (χ4v) is 6.76. The number of aliphatic carboxylic acids is 1. The normalized spacial score (nSPS) is 21.9. The molecule has 0 bridgehead atoms. The second-order valence-corrected chi connectivity index (χ2v) is 12.4. The molecule has 43 heavy (non-hydrogen) atoms. The highest BCUT2D eigenvalue weighted by Gasteiger charge is 2.44. The zero-order chi connectivity index (χ0) is 30.8. The van der Waals surface area contributed by atoms with E-state index in [1.54, 1.807) is 28.1 Å². The second-order valence-electron chi connectivity index (χ2n) is 11.9. The Morgan fingerprint density at radius 1 is 1.16 bits per heavy atom. The van der Waals surface area contributed by atoms with Gasteiger partial charge in [-0.05, 0) is 62.4 Å². The topological polar surface area (TPSA) is 142 Å². The molecule has 3 unspecified atom stereocenters. The Balaban J connectivity index is 1.52. The molecule has 2 aromatic rings. The zero-order valence-corrected chi connectivity index (χ0v) is 25.4. The lowest BCUT2D eigenvalue weighted by atomic mass is 9.77. The number of carboxylic acids is 1. The zero-order valence-electron chi connectivity index (χ0n) is 24.7. The van der Waals surface area contributed by atoms with Crippen molar-refractivity contribution in [3.63, 3.8) is 0 Å². The molecule has 0 saturated heterocycles. The summed E-state index contributed by atoms with van der Waals surface area (Å²) in [4.78, 5) is 43.4. The van der Waals surface area contributed by atoms with Crippen LogP contribution in [0.2, 0.25) is 5.02 Å². The summed E-state index contributed by atoms with van der Waals surface area (Å²) in [7, 11) is 0. The summed E-state index contributed by atoms with van der Waals surface area (Å²) in [5.41, 5.74) is 9.79. The summed E-state index contributed by atoms with van der Waals surface area (Å²) < 4.78 is 6.25. The number of benzene rings is 2. The first-order chi connectivity index (χ1) is 20.6. The van der Waals surface area contributed by atoms with Crippen LogP contribution in [0, 0.1) is 11.8 Å². The van der Waals surface area contributed by atoms with Gasteiger partial charge in [0.1, 0.15) is 12.4 Å². The Labute approximate surface area is 257 Å². The predicted octanol–water partition coefficient (Wildman–Crippen LogP) is 4.08. The van der Waals surface area contributed by atoms with E-state index in [1.165, 1.54) is 5.01 Å². The van der Waals surface area contributed by atoms with E-state index >= 15 is 0 Å². The summed E-state index contributed by atoms with van der Waals surface area (Å²) >= 11 is 6.73. The number of fused-ring (bicyclic) bond motifs is 2. The smallest absolute Gasteiger partial charge is 0.307 e. The minimum absolute atomic E-state index is 0.0438. The Kier molecular flexibility index (Phi) is 9.17. The Bertz CT molecular complexity index is 1430. The number of nitrogens with zero attached hydrogens (tertiary/aromatic N) is 3. The maximum Gasteiger partial charge on any atom is 0.307 e. The standard InChI is InChI=1S/C32H40ClN5O5/c1-19(2)38(35)16-21(34)18-43-28-12-11-26(33)25-13-14-37(31(40)23-9-5-6-10-24(23)32(41)42)27(29(25)28)17-36-15-20-7-3-4-8-22(20)30(36)39/h3-4,7-8,11-12,16,19,23-24,27H,5-6,9-10,13-15,17-18,34-35H2,1-2H3,(H,41,42)/b21-16-. The van der Waals surface area contributed by atoms with E-state index in [0.717, 1.165) is 29.5 Å². The van der Waals surface area contributed by atoms with Gasteiger partial charge in [-0.3, -0.25) is 14.4 Å². The summed E-state index contributed by atoms with van der Waals surface area (Å²) in [6.45, 7) is 4.91. The van der Waals surface area contributed by atoms with Crippen LogP contribution in [0.1, 0.15) is 72.6 Å². The van der Waals surface area contributed by atoms with Crippen molar-refractivity contribution in [2.45, 2.75) is 64.6 Å². The van der Waals surface area contributed by atoms with Gasteiger partial charge in [0, 0.05) is 48.0 Å². The summed E-state index contributed by atoms with van der Waals surface area (Å²) in [5, 5.41) is 12.0. The molecular weight excluding hydrogens is 570 g/mol. The van der Waals surface area contributed by atoms with Gasteiger partial charge in [-0.1, -0.05) is 42.6 Å². The first kappa shape index (κ1) is 30.7. The molecule has 230 valence electrons. The second kappa shape index (κ2) is 12.9. The molecule has 10 nitrogen and oxygen atoms in total. The largest absolute Gasteiger partial charge is 0.487 e. The number of carbonyl (C=O) groups excluding carboxylic acids is 2. The van der Waals surface area contributed by atoms with Crippen LogP contribution in [0.4, 0.5) is 0 Å². The highest BCUT2D eigenvalue weighted by Crippen LogP contribution is 2.43. The molecule has 11 heteroatoms. The van der Waals surface area contributed by atoms with Gasteiger partial charge in [0.25, 0.3) is 5.91 Å². The van der Waals surface area contributed by atoms with Crippen molar-refractivity contribution < 1.29 is 24.2 Å². The molecule has 3 aliphatic rings. The van der Waals surface area contributed by atoms with Crippen molar-refractivity contribution in [3.05, 3.63) is 75.6 Å². The molecule has 3 atom stereocenters. The summed E-state index contributed by atoms with van der Waals surface area (Å²) in [6.07, 6.45) is 4.67. The van der Waals surface area contributed by atoms with Gasteiger partial charge in [0.05, 0.1) is 23.6 Å². The lowest BCUT2D eigenvalue weighted by Crippen LogP contribution is -2.50. The summed E-state index contributed by atoms with van der Waals surface area (Å²) in [5.74, 6) is 3.91. The van der Waals surface area contributed by atoms with Crippen LogP contribution in [-0.4, -0.2) is 63.4 Å². The number of hydrogen-bond donors (Lipinski definition) is 3. The molecule has 1 aliphatic carbocycles. The first-order valence-corrected chi connectivity index (χ1v) is 15.3. The van der Waals surface area contributed by atoms with Crippen LogP contribution in [0.3, 0.4) is 0 Å². The van der Waals surface area contributed by atoms with Crippen molar-refractivity contribution in [3.8, 4) is 5.75 Å². The molecular formula is C32H40ClN5O5. The Morgan fingerprint density at radius 2 is 1.88 bits per heavy atom. The number of rotatable bonds is 9. The number of amides is 2. The number of carbonyl (C=O) groups is 3. The van der Waals surface area contributed by atoms with Crippen molar-refractivity contribution in [2.24, 2.45) is 23.4 Å². The number of carboxylic acid groups (broad SMARTS) is 1. The monoisotopic (exact) mass is 609 g/mol. The van der Waals surface area contributed by atoms with E-state index in [9.17, 15) is 19.5 Å². The van der Waals surface area contributed by atoms with Gasteiger partial charge in [0.2, 0.25) is 5.91 Å². The molecule has 2 aromatic carbocycles. The third-order valence-electron chi connectivity index (χ3n) is 8.85. The fourth-order valence-electron chi connectivity index (χ4n) is 6.50. The lowest BCUT2D eigenvalue weighted by molar-refractivity contribution is -0.153. The lowest BCUT2D eigenvalue weighted by Gasteiger charge is -2.43. The molecule has 1 fully saturated rings. The van der Waals surface area contributed by atoms with Gasteiger partial charge in [-0.15, -0.1) is 0 Å². The van der Waals surface area contributed by atoms with Crippen molar-refractivity contribution in [1.82, 2.24) is 14.8 Å². The van der Waals surface area contributed by atoms with E-state index in [4.69, 9.17) is 27.9 Å². The number of hydrazine groups is 1. The van der Waals surface area contributed by atoms with Crippen LogP contribution >= 0.6 is 11.6 Å². The number of ether oxygens (including phenoxy) is 1. The molecule has 2 amide bonds. The molecule has 2 heterocycles. The predicted molar refractivity (Wildman–Crippen MR) is 163 cm³/mol.